The van der Waals surface area contributed by atoms with E-state index in [4.69, 9.17) is 9.15 Å². The lowest BCUT2D eigenvalue weighted by Crippen LogP contribution is -2.33. The molecule has 0 aliphatic heterocycles. The Balaban J connectivity index is 1.73. The van der Waals surface area contributed by atoms with Crippen LogP contribution in [0.4, 0.5) is 4.39 Å². The third-order valence-electron chi connectivity index (χ3n) is 2.90. The van der Waals surface area contributed by atoms with Crippen molar-refractivity contribution in [3.8, 4) is 5.75 Å². The molecule has 5 heteroatoms. The Labute approximate surface area is 117 Å². The van der Waals surface area contributed by atoms with Crippen LogP contribution in [0.1, 0.15) is 18.7 Å². The normalized spacial score (nSPS) is 13.9. The van der Waals surface area contributed by atoms with Crippen molar-refractivity contribution in [3.05, 3.63) is 54.2 Å². The van der Waals surface area contributed by atoms with Gasteiger partial charge in [0, 0.05) is 6.54 Å². The molecule has 0 fully saturated rings. The smallest absolute Gasteiger partial charge is 0.165 e. The zero-order valence-corrected chi connectivity index (χ0v) is 11.3. The molecule has 2 N–H and O–H groups in total. The second-order valence-corrected chi connectivity index (χ2v) is 4.54. The van der Waals surface area contributed by atoms with E-state index in [0.29, 0.717) is 6.54 Å². The number of ether oxygens (including phenoxy) is 1. The summed E-state index contributed by atoms with van der Waals surface area (Å²) >= 11 is 0. The van der Waals surface area contributed by atoms with Crippen molar-refractivity contribution in [1.82, 2.24) is 5.32 Å². The summed E-state index contributed by atoms with van der Waals surface area (Å²) in [5, 5.41) is 12.9. The Hall–Kier alpha value is -1.85. The fourth-order valence-electron chi connectivity index (χ4n) is 1.76. The Bertz CT molecular complexity index is 516. The molecule has 0 aliphatic carbocycles. The number of benzene rings is 1. The van der Waals surface area contributed by atoms with Crippen molar-refractivity contribution >= 4 is 0 Å². The fourth-order valence-corrected chi connectivity index (χ4v) is 1.76. The summed E-state index contributed by atoms with van der Waals surface area (Å²) in [5.74, 6) is 0.509. The molecule has 0 radical (unpaired) electrons. The molecular formula is C15H18FNO3. The van der Waals surface area contributed by atoms with E-state index in [0.717, 1.165) is 5.76 Å². The lowest BCUT2D eigenvalue weighted by Gasteiger charge is -2.16. The average Bonchev–Trinajstić information content (AvgIpc) is 2.98. The van der Waals surface area contributed by atoms with Crippen LogP contribution >= 0.6 is 0 Å². The van der Waals surface area contributed by atoms with Gasteiger partial charge >= 0.3 is 0 Å². The van der Waals surface area contributed by atoms with Crippen LogP contribution in [0, 0.1) is 5.82 Å². The molecule has 2 aromatic rings. The summed E-state index contributed by atoms with van der Waals surface area (Å²) in [7, 11) is 0. The molecule has 0 saturated heterocycles. The number of para-hydroxylation sites is 1. The molecule has 0 aliphatic rings. The summed E-state index contributed by atoms with van der Waals surface area (Å²) < 4.78 is 23.8. The molecule has 0 bridgehead atoms. The van der Waals surface area contributed by atoms with Gasteiger partial charge in [0.15, 0.2) is 11.6 Å². The summed E-state index contributed by atoms with van der Waals surface area (Å²) in [6, 6.07) is 9.78. The Morgan fingerprint density at radius 3 is 2.80 bits per heavy atom. The van der Waals surface area contributed by atoms with Crippen LogP contribution in [0.25, 0.3) is 0 Å². The lowest BCUT2D eigenvalue weighted by molar-refractivity contribution is 0.101. The maximum absolute atomic E-state index is 13.3. The van der Waals surface area contributed by atoms with Crippen LogP contribution in [0.3, 0.4) is 0 Å². The molecule has 1 aromatic heterocycles. The summed E-state index contributed by atoms with van der Waals surface area (Å²) in [6.45, 7) is 2.29. The molecule has 1 unspecified atom stereocenters. The summed E-state index contributed by atoms with van der Waals surface area (Å²) in [5.41, 5.74) is 0. The maximum Gasteiger partial charge on any atom is 0.165 e. The number of aliphatic hydroxyl groups is 1. The van der Waals surface area contributed by atoms with Crippen LogP contribution in [0.15, 0.2) is 47.1 Å². The zero-order chi connectivity index (χ0) is 14.4. The van der Waals surface area contributed by atoms with Gasteiger partial charge in [-0.25, -0.2) is 4.39 Å². The third kappa shape index (κ3) is 4.08. The standard InChI is InChI=1S/C15H18FNO3/c1-11(14-7-4-8-19-14)17-9-12(18)10-20-15-6-3-2-5-13(15)16/h2-8,11-12,17-18H,9-10H2,1H3/t11-,12?/m0/s1. The molecule has 1 heterocycles. The van der Waals surface area contributed by atoms with E-state index in [2.05, 4.69) is 5.32 Å². The van der Waals surface area contributed by atoms with Gasteiger partial charge in [0.05, 0.1) is 12.3 Å². The first-order valence-electron chi connectivity index (χ1n) is 6.49. The number of rotatable bonds is 7. The number of aliphatic hydroxyl groups excluding tert-OH is 1. The van der Waals surface area contributed by atoms with Gasteiger partial charge in [0.2, 0.25) is 0 Å². The van der Waals surface area contributed by atoms with E-state index in [1.54, 1.807) is 18.4 Å². The lowest BCUT2D eigenvalue weighted by atomic mass is 10.2. The van der Waals surface area contributed by atoms with Crippen LogP contribution in [0.2, 0.25) is 0 Å². The molecular weight excluding hydrogens is 261 g/mol. The highest BCUT2D eigenvalue weighted by atomic mass is 19.1. The number of halogens is 1. The van der Waals surface area contributed by atoms with Gasteiger partial charge in [-0.3, -0.25) is 0 Å². The first-order chi connectivity index (χ1) is 9.66. The molecule has 0 saturated carbocycles. The van der Waals surface area contributed by atoms with Crippen molar-refractivity contribution in [2.75, 3.05) is 13.2 Å². The highest BCUT2D eigenvalue weighted by molar-refractivity contribution is 5.23. The van der Waals surface area contributed by atoms with E-state index in [1.165, 1.54) is 12.1 Å². The van der Waals surface area contributed by atoms with Gasteiger partial charge in [-0.05, 0) is 31.2 Å². The Morgan fingerprint density at radius 1 is 1.30 bits per heavy atom. The average molecular weight is 279 g/mol. The van der Waals surface area contributed by atoms with Crippen molar-refractivity contribution in [3.63, 3.8) is 0 Å². The third-order valence-corrected chi connectivity index (χ3v) is 2.90. The molecule has 2 rings (SSSR count). The SMILES string of the molecule is C[C@H](NCC(O)COc1ccccc1F)c1ccco1. The van der Waals surface area contributed by atoms with Crippen molar-refractivity contribution in [2.24, 2.45) is 0 Å². The largest absolute Gasteiger partial charge is 0.488 e. The zero-order valence-electron chi connectivity index (χ0n) is 11.3. The Morgan fingerprint density at radius 2 is 2.10 bits per heavy atom. The second kappa shape index (κ2) is 7.07. The highest BCUT2D eigenvalue weighted by Gasteiger charge is 2.12. The predicted molar refractivity (Wildman–Crippen MR) is 73.0 cm³/mol. The Kier molecular flexibility index (Phi) is 5.15. The summed E-state index contributed by atoms with van der Waals surface area (Å²) in [4.78, 5) is 0. The van der Waals surface area contributed by atoms with E-state index < -0.39 is 11.9 Å². The quantitative estimate of drug-likeness (QED) is 0.817. The van der Waals surface area contributed by atoms with Crippen LogP contribution in [-0.2, 0) is 0 Å². The first-order valence-corrected chi connectivity index (χ1v) is 6.49. The fraction of sp³-hybridized carbons (Fsp3) is 0.333. The number of hydrogen-bond acceptors (Lipinski definition) is 4. The van der Waals surface area contributed by atoms with E-state index in [1.807, 2.05) is 19.1 Å². The van der Waals surface area contributed by atoms with Crippen molar-refractivity contribution in [1.29, 1.82) is 0 Å². The van der Waals surface area contributed by atoms with E-state index in [-0.39, 0.29) is 18.4 Å². The van der Waals surface area contributed by atoms with Crippen LogP contribution in [0.5, 0.6) is 5.75 Å². The van der Waals surface area contributed by atoms with Gasteiger partial charge in [-0.2, -0.15) is 0 Å². The molecule has 108 valence electrons. The van der Waals surface area contributed by atoms with Gasteiger partial charge in [0.25, 0.3) is 0 Å². The van der Waals surface area contributed by atoms with Gasteiger partial charge in [0.1, 0.15) is 18.5 Å². The molecule has 0 spiro atoms. The van der Waals surface area contributed by atoms with Crippen molar-refractivity contribution < 1.29 is 18.7 Å². The number of hydrogen-bond donors (Lipinski definition) is 2. The molecule has 20 heavy (non-hydrogen) atoms. The number of furan rings is 1. The molecule has 1 aromatic carbocycles. The first kappa shape index (κ1) is 14.6. The maximum atomic E-state index is 13.3. The predicted octanol–water partition coefficient (Wildman–Crippen LogP) is 2.51. The van der Waals surface area contributed by atoms with Gasteiger partial charge in [-0.1, -0.05) is 12.1 Å². The second-order valence-electron chi connectivity index (χ2n) is 4.54. The van der Waals surface area contributed by atoms with E-state index in [9.17, 15) is 9.50 Å². The van der Waals surface area contributed by atoms with Gasteiger partial charge < -0.3 is 19.6 Å². The monoisotopic (exact) mass is 279 g/mol. The molecule has 0 amide bonds. The number of nitrogens with one attached hydrogen (secondary N) is 1. The minimum Gasteiger partial charge on any atom is -0.488 e. The van der Waals surface area contributed by atoms with Gasteiger partial charge in [-0.15, -0.1) is 0 Å². The minimum atomic E-state index is -0.730. The minimum absolute atomic E-state index is 0.00638. The van der Waals surface area contributed by atoms with E-state index >= 15 is 0 Å². The van der Waals surface area contributed by atoms with Crippen molar-refractivity contribution in [2.45, 2.75) is 19.1 Å². The summed E-state index contributed by atoms with van der Waals surface area (Å²) in [6.07, 6.45) is 0.873. The molecule has 4 nitrogen and oxygen atoms in total. The van der Waals surface area contributed by atoms with Crippen LogP contribution < -0.4 is 10.1 Å². The highest BCUT2D eigenvalue weighted by Crippen LogP contribution is 2.15. The topological polar surface area (TPSA) is 54.6 Å². The molecule has 2 atom stereocenters. The van der Waals surface area contributed by atoms with Crippen LogP contribution in [-0.4, -0.2) is 24.4 Å².